The van der Waals surface area contributed by atoms with E-state index in [0.29, 0.717) is 18.4 Å². The number of nitrogens with zero attached hydrogens (tertiary/aromatic N) is 2. The molecule has 0 radical (unpaired) electrons. The lowest BCUT2D eigenvalue weighted by Gasteiger charge is -2.33. The van der Waals surface area contributed by atoms with Crippen LogP contribution < -0.4 is 14.9 Å². The molecule has 0 saturated heterocycles. The molecule has 3 rings (SSSR count). The number of carbonyl (C=O) groups is 2. The first-order valence-electron chi connectivity index (χ1n) is 13.0. The lowest BCUT2D eigenvalue weighted by atomic mass is 9.91. The third-order valence-electron chi connectivity index (χ3n) is 6.50. The summed E-state index contributed by atoms with van der Waals surface area (Å²) in [5.41, 5.74) is 1.22. The molecule has 0 spiro atoms. The van der Waals surface area contributed by atoms with Gasteiger partial charge < -0.3 is 20.8 Å². The highest BCUT2D eigenvalue weighted by molar-refractivity contribution is 7.92. The molecule has 2 amide bonds. The molecule has 10 nitrogen and oxygen atoms in total. The van der Waals surface area contributed by atoms with Crippen LogP contribution in [0.15, 0.2) is 66.0 Å². The topological polar surface area (TPSA) is 149 Å². The molecule has 4 N–H and O–H groups in total. The molecule has 1 aromatic heterocycles. The van der Waals surface area contributed by atoms with Crippen molar-refractivity contribution in [1.29, 1.82) is 0 Å². The molecule has 0 fully saturated rings. The Hall–Kier alpha value is -3.32. The Morgan fingerprint density at radius 3 is 2.12 bits per heavy atom. The normalized spacial score (nSPS) is 14.5. The number of rotatable bonds is 14. The summed E-state index contributed by atoms with van der Waals surface area (Å²) >= 11 is 0.993. The van der Waals surface area contributed by atoms with Gasteiger partial charge in [0.05, 0.1) is 18.3 Å². The van der Waals surface area contributed by atoms with Crippen molar-refractivity contribution in [1.82, 2.24) is 15.6 Å². The highest BCUT2D eigenvalue weighted by atomic mass is 32.2. The van der Waals surface area contributed by atoms with Crippen LogP contribution in [0.1, 0.15) is 52.6 Å². The molecule has 0 aliphatic rings. The number of nitrogens with one attached hydrogen (secondary N) is 2. The van der Waals surface area contributed by atoms with Gasteiger partial charge in [-0.05, 0) is 30.5 Å². The van der Waals surface area contributed by atoms with E-state index >= 15 is 0 Å². The molecule has 12 heteroatoms. The van der Waals surface area contributed by atoms with Gasteiger partial charge in [0, 0.05) is 18.0 Å². The van der Waals surface area contributed by atoms with Gasteiger partial charge in [0.1, 0.15) is 17.9 Å². The SMILES string of the molecule is CCCCC(NC(=O)c1ccccc1)C(O)C(O)C(Cc1ccccc1)NC(=O)c1csc(N(C)S(C)(=O)=O)n1. The molecular weight excluding hydrogens is 552 g/mol. The Balaban J connectivity index is 1.83. The van der Waals surface area contributed by atoms with Crippen LogP contribution in [-0.4, -0.2) is 73.0 Å². The number of unbranched alkanes of at least 4 members (excludes halogenated alkanes) is 1. The number of hydrogen-bond donors (Lipinski definition) is 4. The third-order valence-corrected chi connectivity index (χ3v) is 8.70. The molecule has 0 saturated carbocycles. The van der Waals surface area contributed by atoms with Gasteiger partial charge in [-0.2, -0.15) is 0 Å². The van der Waals surface area contributed by atoms with Gasteiger partial charge in [0.25, 0.3) is 11.8 Å². The molecule has 2 aromatic carbocycles. The minimum absolute atomic E-state index is 0.0184. The first-order chi connectivity index (χ1) is 19.0. The van der Waals surface area contributed by atoms with Crippen molar-refractivity contribution in [2.75, 3.05) is 17.6 Å². The van der Waals surface area contributed by atoms with Crippen LogP contribution in [0.25, 0.3) is 0 Å². The van der Waals surface area contributed by atoms with Gasteiger partial charge in [-0.1, -0.05) is 68.3 Å². The van der Waals surface area contributed by atoms with E-state index in [1.54, 1.807) is 30.3 Å². The molecular formula is C28H36N4O6S2. The quantitative estimate of drug-likeness (QED) is 0.226. The summed E-state index contributed by atoms with van der Waals surface area (Å²) in [6.07, 6.45) is 0.334. The van der Waals surface area contributed by atoms with E-state index in [0.717, 1.165) is 33.9 Å². The standard InChI is InChI=1S/C28H36N4O6S2/c1-4-5-16-21(29-26(35)20-14-10-7-11-15-20)24(33)25(34)22(17-19-12-8-6-9-13-19)30-27(36)23-18-39-28(31-23)32(2)40(3,37)38/h6-15,18,21-22,24-25,33-34H,4-5,16-17H2,1-3H3,(H,29,35)(H,30,36). The molecule has 4 atom stereocenters. The molecule has 0 bridgehead atoms. The van der Waals surface area contributed by atoms with Crippen LogP contribution >= 0.6 is 11.3 Å². The number of thiazole rings is 1. The number of aliphatic hydroxyl groups is 2. The van der Waals surface area contributed by atoms with E-state index in [1.807, 2.05) is 37.3 Å². The minimum atomic E-state index is -3.56. The van der Waals surface area contributed by atoms with E-state index in [2.05, 4.69) is 15.6 Å². The van der Waals surface area contributed by atoms with Crippen molar-refractivity contribution < 1.29 is 28.2 Å². The Labute approximate surface area is 239 Å². The number of aromatic nitrogens is 1. The fourth-order valence-electron chi connectivity index (χ4n) is 4.09. The molecule has 4 unspecified atom stereocenters. The van der Waals surface area contributed by atoms with Gasteiger partial charge in [-0.3, -0.25) is 9.59 Å². The number of aliphatic hydroxyl groups excluding tert-OH is 2. The molecule has 0 aliphatic carbocycles. The van der Waals surface area contributed by atoms with Crippen molar-refractivity contribution in [3.05, 3.63) is 82.9 Å². The Morgan fingerprint density at radius 2 is 1.52 bits per heavy atom. The van der Waals surface area contributed by atoms with Gasteiger partial charge in [0.15, 0.2) is 5.13 Å². The number of anilines is 1. The maximum atomic E-state index is 13.2. The number of hydrogen-bond acceptors (Lipinski definition) is 8. The maximum absolute atomic E-state index is 13.2. The van der Waals surface area contributed by atoms with Crippen molar-refractivity contribution in [2.24, 2.45) is 0 Å². The van der Waals surface area contributed by atoms with Crippen LogP contribution in [0.4, 0.5) is 5.13 Å². The summed E-state index contributed by atoms with van der Waals surface area (Å²) < 4.78 is 24.7. The average Bonchev–Trinajstić information content (AvgIpc) is 3.44. The zero-order valence-corrected chi connectivity index (χ0v) is 24.4. The lowest BCUT2D eigenvalue weighted by Crippen LogP contribution is -2.56. The fourth-order valence-corrected chi connectivity index (χ4v) is 5.63. The number of benzene rings is 2. The highest BCUT2D eigenvalue weighted by Crippen LogP contribution is 2.22. The van der Waals surface area contributed by atoms with Crippen molar-refractivity contribution in [2.45, 2.75) is 56.9 Å². The summed E-state index contributed by atoms with van der Waals surface area (Å²) in [6, 6.07) is 16.1. The van der Waals surface area contributed by atoms with E-state index in [-0.39, 0.29) is 23.2 Å². The second-order valence-electron chi connectivity index (χ2n) is 9.58. The number of carbonyl (C=O) groups excluding carboxylic acids is 2. The third kappa shape index (κ3) is 8.59. The Bertz CT molecular complexity index is 1350. The van der Waals surface area contributed by atoms with Gasteiger partial charge in [-0.25, -0.2) is 17.7 Å². The Morgan fingerprint density at radius 1 is 0.950 bits per heavy atom. The average molecular weight is 589 g/mol. The van der Waals surface area contributed by atoms with E-state index in [4.69, 9.17) is 0 Å². The zero-order chi connectivity index (χ0) is 29.3. The summed E-state index contributed by atoms with van der Waals surface area (Å²) in [6.45, 7) is 1.99. The first kappa shape index (κ1) is 31.2. The van der Waals surface area contributed by atoms with Crippen LogP contribution in [0.3, 0.4) is 0 Å². The highest BCUT2D eigenvalue weighted by Gasteiger charge is 2.34. The van der Waals surface area contributed by atoms with Gasteiger partial charge in [-0.15, -0.1) is 11.3 Å². The maximum Gasteiger partial charge on any atom is 0.271 e. The monoisotopic (exact) mass is 588 g/mol. The molecule has 1 heterocycles. The number of sulfonamides is 1. The first-order valence-corrected chi connectivity index (χ1v) is 15.7. The molecule has 3 aromatic rings. The fraction of sp³-hybridized carbons (Fsp3) is 0.393. The van der Waals surface area contributed by atoms with Gasteiger partial charge in [0.2, 0.25) is 10.0 Å². The summed E-state index contributed by atoms with van der Waals surface area (Å²) in [5, 5.41) is 29.8. The van der Waals surface area contributed by atoms with E-state index in [9.17, 15) is 28.2 Å². The van der Waals surface area contributed by atoms with Crippen LogP contribution in [0.2, 0.25) is 0 Å². The predicted molar refractivity (Wildman–Crippen MR) is 156 cm³/mol. The van der Waals surface area contributed by atoms with Crippen molar-refractivity contribution >= 4 is 38.3 Å². The van der Waals surface area contributed by atoms with E-state index in [1.165, 1.54) is 12.4 Å². The number of amides is 2. The van der Waals surface area contributed by atoms with Gasteiger partial charge >= 0.3 is 0 Å². The second kappa shape index (κ2) is 14.4. The summed E-state index contributed by atoms with van der Waals surface area (Å²) in [7, 11) is -2.22. The summed E-state index contributed by atoms with van der Waals surface area (Å²) in [5.74, 6) is -1.00. The zero-order valence-electron chi connectivity index (χ0n) is 22.7. The largest absolute Gasteiger partial charge is 0.388 e. The van der Waals surface area contributed by atoms with Crippen molar-refractivity contribution in [3.8, 4) is 0 Å². The Kier molecular flexibility index (Phi) is 11.2. The molecule has 0 aliphatic heterocycles. The molecule has 216 valence electrons. The summed E-state index contributed by atoms with van der Waals surface area (Å²) in [4.78, 5) is 30.2. The van der Waals surface area contributed by atoms with Crippen LogP contribution in [0.5, 0.6) is 0 Å². The van der Waals surface area contributed by atoms with Crippen molar-refractivity contribution in [3.63, 3.8) is 0 Å². The smallest absolute Gasteiger partial charge is 0.271 e. The molecule has 40 heavy (non-hydrogen) atoms. The van der Waals surface area contributed by atoms with Crippen LogP contribution in [0, 0.1) is 0 Å². The second-order valence-corrected chi connectivity index (χ2v) is 12.4. The van der Waals surface area contributed by atoms with Crippen LogP contribution in [-0.2, 0) is 16.4 Å². The lowest BCUT2D eigenvalue weighted by molar-refractivity contribution is -0.0238. The van der Waals surface area contributed by atoms with E-state index < -0.39 is 40.2 Å². The predicted octanol–water partition coefficient (Wildman–Crippen LogP) is 2.59. The minimum Gasteiger partial charge on any atom is -0.388 e.